The van der Waals surface area contributed by atoms with E-state index < -0.39 is 0 Å². The highest BCUT2D eigenvalue weighted by molar-refractivity contribution is 6.15. The minimum atomic E-state index is 0.0587. The van der Waals surface area contributed by atoms with Crippen LogP contribution in [0.4, 0.5) is 5.69 Å². The molecule has 1 atom stereocenters. The molecule has 0 N–H and O–H groups in total. The van der Waals surface area contributed by atoms with E-state index in [2.05, 4.69) is 5.10 Å². The summed E-state index contributed by atoms with van der Waals surface area (Å²) in [5.74, 6) is 0.220. The van der Waals surface area contributed by atoms with E-state index >= 15 is 0 Å². The summed E-state index contributed by atoms with van der Waals surface area (Å²) in [4.78, 5) is 12.3. The summed E-state index contributed by atoms with van der Waals surface area (Å²) in [6.45, 7) is 2.02. The Balaban J connectivity index is 1.98. The second-order valence-corrected chi connectivity index (χ2v) is 4.83. The molecular formula is C14H16N2O. The molecule has 0 aromatic heterocycles. The maximum absolute atomic E-state index is 12.3. The molecule has 0 saturated heterocycles. The summed E-state index contributed by atoms with van der Waals surface area (Å²) in [5, 5.41) is 6.13. The summed E-state index contributed by atoms with van der Waals surface area (Å²) in [7, 11) is 0. The fourth-order valence-corrected chi connectivity index (χ4v) is 2.68. The summed E-state index contributed by atoms with van der Waals surface area (Å²) in [6, 6.07) is 7.93. The Hall–Kier alpha value is -1.64. The number of amides is 1. The number of para-hydroxylation sites is 1. The van der Waals surface area contributed by atoms with Gasteiger partial charge in [0.15, 0.2) is 0 Å². The van der Waals surface area contributed by atoms with Gasteiger partial charge in [0.05, 0.1) is 17.3 Å². The van der Waals surface area contributed by atoms with Crippen LogP contribution in [0.2, 0.25) is 0 Å². The van der Waals surface area contributed by atoms with Crippen molar-refractivity contribution in [3.63, 3.8) is 0 Å². The van der Waals surface area contributed by atoms with E-state index in [-0.39, 0.29) is 11.8 Å². The molecule has 1 amide bonds. The number of aryl methyl sites for hydroxylation is 1. The zero-order valence-corrected chi connectivity index (χ0v) is 10.0. The number of fused-ring (bicyclic) bond motifs is 1. The molecule has 1 heterocycles. The molecule has 1 unspecified atom stereocenters. The van der Waals surface area contributed by atoms with Gasteiger partial charge in [0.1, 0.15) is 0 Å². The Kier molecular flexibility index (Phi) is 2.46. The molecule has 0 spiro atoms. The molecule has 2 aliphatic rings. The Morgan fingerprint density at radius 3 is 2.88 bits per heavy atom. The van der Waals surface area contributed by atoms with Crippen LogP contribution in [0.25, 0.3) is 0 Å². The number of nitrogens with zero attached hydrogens (tertiary/aromatic N) is 2. The first kappa shape index (κ1) is 10.5. The number of hydrogen-bond acceptors (Lipinski definition) is 2. The highest BCUT2D eigenvalue weighted by Gasteiger charge is 2.37. The SMILES string of the molecule is Cc1ccccc1N1N=C2CCCCC2C1=O. The first-order chi connectivity index (χ1) is 8.27. The van der Waals surface area contributed by atoms with E-state index in [0.29, 0.717) is 0 Å². The molecule has 0 radical (unpaired) electrons. The quantitative estimate of drug-likeness (QED) is 0.727. The third-order valence-electron chi connectivity index (χ3n) is 3.66. The van der Waals surface area contributed by atoms with Gasteiger partial charge in [0, 0.05) is 0 Å². The molecule has 1 saturated carbocycles. The Bertz CT molecular complexity index is 493. The van der Waals surface area contributed by atoms with Crippen LogP contribution in [0.3, 0.4) is 0 Å². The molecule has 3 rings (SSSR count). The average Bonchev–Trinajstić information content (AvgIpc) is 2.68. The number of anilines is 1. The van der Waals surface area contributed by atoms with Crippen molar-refractivity contribution in [3.05, 3.63) is 29.8 Å². The highest BCUT2D eigenvalue weighted by atomic mass is 16.2. The third-order valence-corrected chi connectivity index (χ3v) is 3.66. The second kappa shape index (κ2) is 3.99. The van der Waals surface area contributed by atoms with Gasteiger partial charge in [0.2, 0.25) is 0 Å². The molecule has 88 valence electrons. The van der Waals surface area contributed by atoms with E-state index in [4.69, 9.17) is 0 Å². The molecule has 1 aromatic carbocycles. The van der Waals surface area contributed by atoms with Crippen molar-refractivity contribution in [1.82, 2.24) is 0 Å². The fourth-order valence-electron chi connectivity index (χ4n) is 2.68. The Labute approximate surface area is 101 Å². The van der Waals surface area contributed by atoms with E-state index in [1.807, 2.05) is 31.2 Å². The number of benzene rings is 1. The minimum absolute atomic E-state index is 0.0587. The molecule has 3 nitrogen and oxygen atoms in total. The molecule has 1 aromatic rings. The predicted octanol–water partition coefficient (Wildman–Crippen LogP) is 2.89. The number of carbonyl (C=O) groups is 1. The molecule has 17 heavy (non-hydrogen) atoms. The zero-order valence-electron chi connectivity index (χ0n) is 10.0. The smallest absolute Gasteiger partial charge is 0.256 e. The van der Waals surface area contributed by atoms with Gasteiger partial charge < -0.3 is 0 Å². The lowest BCUT2D eigenvalue weighted by molar-refractivity contribution is -0.120. The van der Waals surface area contributed by atoms with Crippen molar-refractivity contribution in [3.8, 4) is 0 Å². The van der Waals surface area contributed by atoms with Crippen molar-refractivity contribution in [2.75, 3.05) is 5.01 Å². The van der Waals surface area contributed by atoms with Crippen LogP contribution in [-0.4, -0.2) is 11.6 Å². The predicted molar refractivity (Wildman–Crippen MR) is 68.1 cm³/mol. The van der Waals surface area contributed by atoms with Crippen molar-refractivity contribution >= 4 is 17.3 Å². The minimum Gasteiger partial charge on any atom is -0.272 e. The molecule has 1 aliphatic heterocycles. The van der Waals surface area contributed by atoms with Crippen LogP contribution >= 0.6 is 0 Å². The number of hydrazone groups is 1. The van der Waals surface area contributed by atoms with Crippen LogP contribution in [0.1, 0.15) is 31.2 Å². The van der Waals surface area contributed by atoms with Crippen molar-refractivity contribution in [2.45, 2.75) is 32.6 Å². The van der Waals surface area contributed by atoms with Gasteiger partial charge in [-0.25, -0.2) is 0 Å². The Morgan fingerprint density at radius 2 is 2.12 bits per heavy atom. The van der Waals surface area contributed by atoms with Gasteiger partial charge in [-0.1, -0.05) is 24.6 Å². The van der Waals surface area contributed by atoms with Gasteiger partial charge >= 0.3 is 0 Å². The fraction of sp³-hybridized carbons (Fsp3) is 0.429. The van der Waals surface area contributed by atoms with E-state index in [0.717, 1.165) is 36.2 Å². The number of rotatable bonds is 1. The maximum atomic E-state index is 12.3. The summed E-state index contributed by atoms with van der Waals surface area (Å²) >= 11 is 0. The lowest BCUT2D eigenvalue weighted by atomic mass is 9.87. The number of carbonyl (C=O) groups excluding carboxylic acids is 1. The summed E-state index contributed by atoms with van der Waals surface area (Å²) in [6.07, 6.45) is 4.28. The van der Waals surface area contributed by atoms with Crippen LogP contribution < -0.4 is 5.01 Å². The zero-order chi connectivity index (χ0) is 11.8. The Morgan fingerprint density at radius 1 is 1.29 bits per heavy atom. The van der Waals surface area contributed by atoms with Gasteiger partial charge in [-0.3, -0.25) is 4.79 Å². The second-order valence-electron chi connectivity index (χ2n) is 4.83. The lowest BCUT2D eigenvalue weighted by Gasteiger charge is -2.17. The first-order valence-electron chi connectivity index (χ1n) is 6.24. The van der Waals surface area contributed by atoms with Crippen LogP contribution in [0.5, 0.6) is 0 Å². The van der Waals surface area contributed by atoms with E-state index in [1.165, 1.54) is 6.42 Å². The molecule has 1 fully saturated rings. The largest absolute Gasteiger partial charge is 0.272 e. The standard InChI is InChI=1S/C14H16N2O/c1-10-6-2-5-9-13(10)16-14(17)11-7-3-4-8-12(11)15-16/h2,5-6,9,11H,3-4,7-8H2,1H3. The third kappa shape index (κ3) is 1.66. The van der Waals surface area contributed by atoms with Crippen LogP contribution in [0.15, 0.2) is 29.4 Å². The van der Waals surface area contributed by atoms with Gasteiger partial charge in [-0.15, -0.1) is 0 Å². The molecule has 3 heteroatoms. The summed E-state index contributed by atoms with van der Waals surface area (Å²) < 4.78 is 0. The molecule has 1 aliphatic carbocycles. The summed E-state index contributed by atoms with van der Waals surface area (Å²) in [5.41, 5.74) is 3.12. The topological polar surface area (TPSA) is 32.7 Å². The van der Waals surface area contributed by atoms with Gasteiger partial charge in [-0.2, -0.15) is 10.1 Å². The normalized spacial score (nSPS) is 23.6. The molecular weight excluding hydrogens is 212 g/mol. The number of hydrogen-bond donors (Lipinski definition) is 0. The van der Waals surface area contributed by atoms with Gasteiger partial charge in [0.25, 0.3) is 5.91 Å². The monoisotopic (exact) mass is 228 g/mol. The maximum Gasteiger partial charge on any atom is 0.256 e. The average molecular weight is 228 g/mol. The van der Waals surface area contributed by atoms with Crippen molar-refractivity contribution < 1.29 is 4.79 Å². The van der Waals surface area contributed by atoms with Crippen LogP contribution in [0, 0.1) is 12.8 Å². The van der Waals surface area contributed by atoms with Crippen molar-refractivity contribution in [1.29, 1.82) is 0 Å². The van der Waals surface area contributed by atoms with Gasteiger partial charge in [-0.05, 0) is 37.8 Å². The molecule has 0 bridgehead atoms. The highest BCUT2D eigenvalue weighted by Crippen LogP contribution is 2.33. The van der Waals surface area contributed by atoms with E-state index in [9.17, 15) is 4.79 Å². The first-order valence-corrected chi connectivity index (χ1v) is 6.24. The van der Waals surface area contributed by atoms with E-state index in [1.54, 1.807) is 5.01 Å². The van der Waals surface area contributed by atoms with Crippen molar-refractivity contribution in [2.24, 2.45) is 11.0 Å². The van der Waals surface area contributed by atoms with Crippen LogP contribution in [-0.2, 0) is 4.79 Å². The lowest BCUT2D eigenvalue weighted by Crippen LogP contribution is -2.29.